The van der Waals surface area contributed by atoms with Crippen LogP contribution in [0.4, 0.5) is 11.4 Å². The lowest BCUT2D eigenvalue weighted by Gasteiger charge is -2.23. The lowest BCUT2D eigenvalue weighted by atomic mass is 10.1. The van der Waals surface area contributed by atoms with Crippen molar-refractivity contribution in [2.24, 2.45) is 0 Å². The summed E-state index contributed by atoms with van der Waals surface area (Å²) in [5.41, 5.74) is 0.890. The topological polar surface area (TPSA) is 86.9 Å². The quantitative estimate of drug-likeness (QED) is 0.675. The van der Waals surface area contributed by atoms with Crippen LogP contribution in [-0.2, 0) is 0 Å². The van der Waals surface area contributed by atoms with Crippen molar-refractivity contribution in [3.05, 3.63) is 33.9 Å². The lowest BCUT2D eigenvalue weighted by molar-refractivity contribution is -0.384. The summed E-state index contributed by atoms with van der Waals surface area (Å²) in [5.74, 6) is -0.238. The molecule has 2 heterocycles. The fourth-order valence-electron chi connectivity index (χ4n) is 3.49. The molecule has 0 spiro atoms. The summed E-state index contributed by atoms with van der Waals surface area (Å²) >= 11 is 0. The van der Waals surface area contributed by atoms with E-state index in [9.17, 15) is 20.0 Å². The molecule has 2 saturated heterocycles. The molecule has 2 aliphatic heterocycles. The summed E-state index contributed by atoms with van der Waals surface area (Å²) in [6.45, 7) is 2.14. The summed E-state index contributed by atoms with van der Waals surface area (Å²) in [4.78, 5) is 27.2. The van der Waals surface area contributed by atoms with Crippen LogP contribution in [0.2, 0.25) is 0 Å². The maximum absolute atomic E-state index is 12.6. The Hall–Kier alpha value is -2.15. The van der Waals surface area contributed by atoms with Gasteiger partial charge in [-0.2, -0.15) is 0 Å². The Kier molecular flexibility index (Phi) is 4.47. The van der Waals surface area contributed by atoms with Crippen LogP contribution in [0.25, 0.3) is 0 Å². The standard InChI is InChI=1S/C16H21N3O4/c20-11-13-4-3-9-18(13)16(21)12-5-6-14(15(10-12)19(22)23)17-7-1-2-8-17/h5-6,10,13,20H,1-4,7-9,11H2/t13-/m1/s1. The van der Waals surface area contributed by atoms with Gasteiger partial charge in [0.25, 0.3) is 11.6 Å². The van der Waals surface area contributed by atoms with E-state index >= 15 is 0 Å². The highest BCUT2D eigenvalue weighted by atomic mass is 16.6. The number of carbonyl (C=O) groups is 1. The molecule has 0 radical (unpaired) electrons. The molecular weight excluding hydrogens is 298 g/mol. The van der Waals surface area contributed by atoms with Crippen LogP contribution in [0.1, 0.15) is 36.0 Å². The van der Waals surface area contributed by atoms with E-state index < -0.39 is 4.92 Å². The molecule has 2 fully saturated rings. The Morgan fingerprint density at radius 3 is 2.65 bits per heavy atom. The summed E-state index contributed by atoms with van der Waals surface area (Å²) in [6.07, 6.45) is 3.69. The molecule has 1 atom stereocenters. The Morgan fingerprint density at radius 2 is 2.00 bits per heavy atom. The highest BCUT2D eigenvalue weighted by Gasteiger charge is 2.30. The molecule has 0 aromatic heterocycles. The second-order valence-electron chi connectivity index (χ2n) is 6.13. The first-order valence-corrected chi connectivity index (χ1v) is 8.07. The van der Waals surface area contributed by atoms with Crippen LogP contribution in [0.3, 0.4) is 0 Å². The minimum absolute atomic E-state index is 0.0162. The molecule has 7 nitrogen and oxygen atoms in total. The molecular formula is C16H21N3O4. The number of rotatable bonds is 4. The Labute approximate surface area is 134 Å². The fourth-order valence-corrected chi connectivity index (χ4v) is 3.49. The van der Waals surface area contributed by atoms with E-state index in [1.54, 1.807) is 17.0 Å². The number of nitrogens with zero attached hydrogens (tertiary/aromatic N) is 3. The van der Waals surface area contributed by atoms with Gasteiger partial charge in [-0.1, -0.05) is 0 Å². The molecule has 1 aromatic carbocycles. The number of hydrogen-bond donors (Lipinski definition) is 1. The third kappa shape index (κ3) is 3.01. The largest absolute Gasteiger partial charge is 0.394 e. The first-order chi connectivity index (χ1) is 11.1. The number of hydrogen-bond acceptors (Lipinski definition) is 5. The minimum atomic E-state index is -0.419. The van der Waals surface area contributed by atoms with Gasteiger partial charge in [-0.05, 0) is 37.8 Å². The minimum Gasteiger partial charge on any atom is -0.394 e. The number of aliphatic hydroxyl groups excluding tert-OH is 1. The number of amides is 1. The first kappa shape index (κ1) is 15.7. The number of benzene rings is 1. The monoisotopic (exact) mass is 319 g/mol. The van der Waals surface area contributed by atoms with Gasteiger partial charge >= 0.3 is 0 Å². The molecule has 124 valence electrons. The van der Waals surface area contributed by atoms with Crippen molar-refractivity contribution < 1.29 is 14.8 Å². The van der Waals surface area contributed by atoms with Gasteiger partial charge in [0.1, 0.15) is 5.69 Å². The number of likely N-dealkylation sites (tertiary alicyclic amines) is 1. The van der Waals surface area contributed by atoms with Crippen molar-refractivity contribution in [2.75, 3.05) is 31.1 Å². The van der Waals surface area contributed by atoms with Crippen molar-refractivity contribution in [3.8, 4) is 0 Å². The number of nitro groups is 1. The smallest absolute Gasteiger partial charge is 0.293 e. The Bertz CT molecular complexity index is 613. The van der Waals surface area contributed by atoms with Gasteiger partial charge < -0.3 is 14.9 Å². The normalized spacial score (nSPS) is 21.0. The first-order valence-electron chi connectivity index (χ1n) is 8.07. The third-order valence-corrected chi connectivity index (χ3v) is 4.71. The Balaban J connectivity index is 1.90. The van der Waals surface area contributed by atoms with Gasteiger partial charge in [0, 0.05) is 31.3 Å². The molecule has 0 saturated carbocycles. The number of aliphatic hydroxyl groups is 1. The molecule has 23 heavy (non-hydrogen) atoms. The molecule has 1 N–H and O–H groups in total. The fraction of sp³-hybridized carbons (Fsp3) is 0.562. The van der Waals surface area contributed by atoms with Gasteiger partial charge in [-0.25, -0.2) is 0 Å². The highest BCUT2D eigenvalue weighted by Crippen LogP contribution is 2.32. The van der Waals surface area contributed by atoms with E-state index in [-0.39, 0.29) is 24.2 Å². The summed E-state index contributed by atoms with van der Waals surface area (Å²) in [7, 11) is 0. The molecule has 1 aromatic rings. The average Bonchev–Trinajstić information content (AvgIpc) is 3.24. The molecule has 3 rings (SSSR count). The van der Waals surface area contributed by atoms with E-state index in [4.69, 9.17) is 0 Å². The zero-order valence-electron chi connectivity index (χ0n) is 13.0. The highest BCUT2D eigenvalue weighted by molar-refractivity contribution is 5.96. The van der Waals surface area contributed by atoms with Crippen LogP contribution in [-0.4, -0.2) is 53.1 Å². The average molecular weight is 319 g/mol. The Morgan fingerprint density at radius 1 is 1.26 bits per heavy atom. The third-order valence-electron chi connectivity index (χ3n) is 4.71. The predicted molar refractivity (Wildman–Crippen MR) is 85.7 cm³/mol. The van der Waals surface area contributed by atoms with Crippen molar-refractivity contribution in [3.63, 3.8) is 0 Å². The molecule has 0 unspecified atom stereocenters. The van der Waals surface area contributed by atoms with Crippen LogP contribution in [0.15, 0.2) is 18.2 Å². The molecule has 7 heteroatoms. The molecule has 0 aliphatic carbocycles. The van der Waals surface area contributed by atoms with Gasteiger partial charge in [-0.3, -0.25) is 14.9 Å². The van der Waals surface area contributed by atoms with Gasteiger partial charge in [0.05, 0.1) is 17.6 Å². The van der Waals surface area contributed by atoms with E-state index in [1.165, 1.54) is 6.07 Å². The van der Waals surface area contributed by atoms with Crippen molar-refractivity contribution >= 4 is 17.3 Å². The zero-order valence-corrected chi connectivity index (χ0v) is 13.0. The van der Waals surface area contributed by atoms with Crippen molar-refractivity contribution in [2.45, 2.75) is 31.7 Å². The number of anilines is 1. The van der Waals surface area contributed by atoms with Gasteiger partial charge in [-0.15, -0.1) is 0 Å². The predicted octanol–water partition coefficient (Wildman–Crippen LogP) is 1.79. The van der Waals surface area contributed by atoms with Crippen LogP contribution in [0, 0.1) is 10.1 Å². The van der Waals surface area contributed by atoms with Crippen LogP contribution >= 0.6 is 0 Å². The second kappa shape index (κ2) is 6.54. The van der Waals surface area contributed by atoms with Gasteiger partial charge in [0.2, 0.25) is 0 Å². The van der Waals surface area contributed by atoms with E-state index in [1.807, 2.05) is 4.90 Å². The second-order valence-corrected chi connectivity index (χ2v) is 6.13. The van der Waals surface area contributed by atoms with E-state index in [0.29, 0.717) is 17.8 Å². The summed E-state index contributed by atoms with van der Waals surface area (Å²) < 4.78 is 0. The van der Waals surface area contributed by atoms with Crippen molar-refractivity contribution in [1.29, 1.82) is 0 Å². The zero-order chi connectivity index (χ0) is 16.4. The summed E-state index contributed by atoms with van der Waals surface area (Å²) in [6, 6.07) is 4.54. The van der Waals surface area contributed by atoms with E-state index in [2.05, 4.69) is 0 Å². The number of nitro benzene ring substituents is 1. The maximum atomic E-state index is 12.6. The lowest BCUT2D eigenvalue weighted by Crippen LogP contribution is -2.37. The number of carbonyl (C=O) groups excluding carboxylic acids is 1. The molecule has 1 amide bonds. The van der Waals surface area contributed by atoms with Gasteiger partial charge in [0.15, 0.2) is 0 Å². The maximum Gasteiger partial charge on any atom is 0.293 e. The van der Waals surface area contributed by atoms with Crippen LogP contribution in [0.5, 0.6) is 0 Å². The molecule has 2 aliphatic rings. The summed E-state index contributed by atoms with van der Waals surface area (Å²) in [5, 5.41) is 20.8. The van der Waals surface area contributed by atoms with Crippen LogP contribution < -0.4 is 4.90 Å². The molecule has 0 bridgehead atoms. The van der Waals surface area contributed by atoms with Crippen molar-refractivity contribution in [1.82, 2.24) is 4.90 Å². The van der Waals surface area contributed by atoms with E-state index in [0.717, 1.165) is 38.8 Å². The SMILES string of the molecule is O=C(c1ccc(N2CCCC2)c([N+](=O)[O-])c1)N1CCC[C@@H]1CO.